The van der Waals surface area contributed by atoms with E-state index in [4.69, 9.17) is 5.73 Å². The van der Waals surface area contributed by atoms with E-state index in [0.29, 0.717) is 5.82 Å². The first-order chi connectivity index (χ1) is 10.0. The highest BCUT2D eigenvalue weighted by atomic mass is 15.1. The van der Waals surface area contributed by atoms with Crippen LogP contribution in [0.25, 0.3) is 0 Å². The van der Waals surface area contributed by atoms with Gasteiger partial charge in [-0.05, 0) is 25.7 Å². The van der Waals surface area contributed by atoms with Crippen molar-refractivity contribution in [2.45, 2.75) is 72.6 Å². The van der Waals surface area contributed by atoms with E-state index < -0.39 is 0 Å². The highest BCUT2D eigenvalue weighted by Gasteiger charge is 2.07. The quantitative estimate of drug-likeness (QED) is 0.630. The zero-order valence-corrected chi connectivity index (χ0v) is 14.2. The number of aryl methyl sites for hydroxylation is 1. The molecule has 1 heterocycles. The van der Waals surface area contributed by atoms with Crippen LogP contribution in [0, 0.1) is 12.8 Å². The minimum atomic E-state index is 0.605. The monoisotopic (exact) mass is 292 g/mol. The van der Waals surface area contributed by atoms with Crippen LogP contribution in [0.5, 0.6) is 0 Å². The number of nitrogens with two attached hydrogens (primary N) is 1. The van der Waals surface area contributed by atoms with Gasteiger partial charge in [0.25, 0.3) is 0 Å². The number of hydrogen-bond acceptors (Lipinski definition) is 4. The Hall–Kier alpha value is -1.32. The maximum atomic E-state index is 5.96. The molecule has 21 heavy (non-hydrogen) atoms. The summed E-state index contributed by atoms with van der Waals surface area (Å²) in [6.07, 6.45) is 8.40. The van der Waals surface area contributed by atoms with Gasteiger partial charge in [0, 0.05) is 18.5 Å². The molecule has 0 fully saturated rings. The Bertz CT molecular complexity index is 415. The number of hydrogen-bond donors (Lipinski definition) is 2. The van der Waals surface area contributed by atoms with E-state index in [1.54, 1.807) is 0 Å². The van der Waals surface area contributed by atoms with E-state index in [1.807, 2.05) is 6.92 Å². The first-order valence-corrected chi connectivity index (χ1v) is 8.41. The fourth-order valence-corrected chi connectivity index (χ4v) is 2.33. The second-order valence-electron chi connectivity index (χ2n) is 6.27. The summed E-state index contributed by atoms with van der Waals surface area (Å²) in [4.78, 5) is 8.91. The first kappa shape index (κ1) is 17.7. The minimum absolute atomic E-state index is 0.605. The fraction of sp³-hybridized carbons (Fsp3) is 0.765. The van der Waals surface area contributed by atoms with Gasteiger partial charge in [-0.2, -0.15) is 0 Å². The molecule has 0 aromatic carbocycles. The van der Waals surface area contributed by atoms with Crippen LogP contribution in [-0.2, 0) is 6.42 Å². The van der Waals surface area contributed by atoms with Gasteiger partial charge in [0.1, 0.15) is 17.5 Å². The Labute approximate surface area is 130 Å². The Morgan fingerprint density at radius 2 is 1.81 bits per heavy atom. The molecule has 0 unspecified atom stereocenters. The third-order valence-corrected chi connectivity index (χ3v) is 3.70. The summed E-state index contributed by atoms with van der Waals surface area (Å²) in [5.41, 5.74) is 6.93. The van der Waals surface area contributed by atoms with Crippen molar-refractivity contribution in [2.75, 3.05) is 17.6 Å². The smallest absolute Gasteiger partial charge is 0.134 e. The van der Waals surface area contributed by atoms with Gasteiger partial charge in [-0.3, -0.25) is 0 Å². The van der Waals surface area contributed by atoms with Crippen LogP contribution in [0.1, 0.15) is 70.7 Å². The van der Waals surface area contributed by atoms with Crippen molar-refractivity contribution in [3.8, 4) is 0 Å². The maximum absolute atomic E-state index is 5.96. The number of nitrogens with one attached hydrogen (secondary N) is 1. The number of aromatic nitrogens is 2. The van der Waals surface area contributed by atoms with Gasteiger partial charge in [0.05, 0.1) is 0 Å². The van der Waals surface area contributed by atoms with E-state index in [1.165, 1.54) is 32.1 Å². The molecule has 4 nitrogen and oxygen atoms in total. The summed E-state index contributed by atoms with van der Waals surface area (Å²) in [5, 5.41) is 3.42. The second-order valence-corrected chi connectivity index (χ2v) is 6.27. The minimum Gasteiger partial charge on any atom is -0.383 e. The molecule has 0 spiro atoms. The van der Waals surface area contributed by atoms with E-state index in [9.17, 15) is 0 Å². The standard InChI is InChI=1S/C17H32N4/c1-5-10-15-20-16(18)14(4)17(21-15)19-12-9-7-6-8-11-13(2)3/h13H,5-12H2,1-4H3,(H3,18,19,20,21). The van der Waals surface area contributed by atoms with Crippen LogP contribution in [0.4, 0.5) is 11.6 Å². The molecule has 120 valence electrons. The number of anilines is 2. The number of rotatable bonds is 10. The summed E-state index contributed by atoms with van der Waals surface area (Å²) in [5.74, 6) is 3.19. The molecular formula is C17H32N4. The summed E-state index contributed by atoms with van der Waals surface area (Å²) in [6.45, 7) is 9.65. The Balaban J connectivity index is 2.34. The van der Waals surface area contributed by atoms with Crippen molar-refractivity contribution in [1.82, 2.24) is 9.97 Å². The molecule has 3 N–H and O–H groups in total. The maximum Gasteiger partial charge on any atom is 0.134 e. The normalized spacial score (nSPS) is 11.1. The van der Waals surface area contributed by atoms with Gasteiger partial charge in [-0.1, -0.05) is 46.5 Å². The molecule has 0 aliphatic carbocycles. The van der Waals surface area contributed by atoms with Gasteiger partial charge in [-0.15, -0.1) is 0 Å². The van der Waals surface area contributed by atoms with Gasteiger partial charge >= 0.3 is 0 Å². The largest absolute Gasteiger partial charge is 0.383 e. The van der Waals surface area contributed by atoms with Crippen LogP contribution in [0.15, 0.2) is 0 Å². The lowest BCUT2D eigenvalue weighted by Gasteiger charge is -2.12. The summed E-state index contributed by atoms with van der Waals surface area (Å²) < 4.78 is 0. The van der Waals surface area contributed by atoms with Gasteiger partial charge in [0.15, 0.2) is 0 Å². The summed E-state index contributed by atoms with van der Waals surface area (Å²) >= 11 is 0. The molecule has 1 aromatic rings. The predicted octanol–water partition coefficient (Wildman–Crippen LogP) is 4.34. The molecule has 0 radical (unpaired) electrons. The third-order valence-electron chi connectivity index (χ3n) is 3.70. The number of unbranched alkanes of at least 4 members (excludes halogenated alkanes) is 3. The van der Waals surface area contributed by atoms with Crippen molar-refractivity contribution in [3.05, 3.63) is 11.4 Å². The van der Waals surface area contributed by atoms with Crippen LogP contribution in [-0.4, -0.2) is 16.5 Å². The first-order valence-electron chi connectivity index (χ1n) is 8.41. The third kappa shape index (κ3) is 6.78. The van der Waals surface area contributed by atoms with Crippen molar-refractivity contribution in [2.24, 2.45) is 5.92 Å². The zero-order valence-electron chi connectivity index (χ0n) is 14.2. The van der Waals surface area contributed by atoms with Crippen molar-refractivity contribution >= 4 is 11.6 Å². The fourth-order valence-electron chi connectivity index (χ4n) is 2.33. The molecule has 0 aliphatic rings. The number of nitrogens with zero attached hydrogens (tertiary/aromatic N) is 2. The van der Waals surface area contributed by atoms with Crippen LogP contribution in [0.3, 0.4) is 0 Å². The topological polar surface area (TPSA) is 63.8 Å². The lowest BCUT2D eigenvalue weighted by molar-refractivity contribution is 0.523. The van der Waals surface area contributed by atoms with E-state index >= 15 is 0 Å². The van der Waals surface area contributed by atoms with E-state index in [2.05, 4.69) is 36.1 Å². The van der Waals surface area contributed by atoms with Crippen molar-refractivity contribution in [3.63, 3.8) is 0 Å². The lowest BCUT2D eigenvalue weighted by Crippen LogP contribution is -2.10. The average molecular weight is 292 g/mol. The predicted molar refractivity (Wildman–Crippen MR) is 91.6 cm³/mol. The SMILES string of the molecule is CCCc1nc(N)c(C)c(NCCCCCCC(C)C)n1. The highest BCUT2D eigenvalue weighted by Crippen LogP contribution is 2.18. The van der Waals surface area contributed by atoms with Gasteiger partial charge < -0.3 is 11.1 Å². The lowest BCUT2D eigenvalue weighted by atomic mass is 10.0. The molecule has 1 rings (SSSR count). The molecule has 0 atom stereocenters. The molecule has 0 aliphatic heterocycles. The zero-order chi connectivity index (χ0) is 15.7. The van der Waals surface area contributed by atoms with E-state index in [-0.39, 0.29) is 0 Å². The van der Waals surface area contributed by atoms with Crippen molar-refractivity contribution < 1.29 is 0 Å². The molecular weight excluding hydrogens is 260 g/mol. The Kier molecular flexibility index (Phi) is 8.09. The summed E-state index contributed by atoms with van der Waals surface area (Å²) in [7, 11) is 0. The molecule has 1 aromatic heterocycles. The number of nitrogen functional groups attached to an aromatic ring is 1. The molecule has 0 bridgehead atoms. The molecule has 0 saturated carbocycles. The molecule has 0 saturated heterocycles. The highest BCUT2D eigenvalue weighted by molar-refractivity contribution is 5.54. The molecule has 4 heteroatoms. The van der Waals surface area contributed by atoms with Crippen LogP contribution >= 0.6 is 0 Å². The van der Waals surface area contributed by atoms with Gasteiger partial charge in [0.2, 0.25) is 0 Å². The summed E-state index contributed by atoms with van der Waals surface area (Å²) in [6, 6.07) is 0. The average Bonchev–Trinajstić information content (AvgIpc) is 2.42. The van der Waals surface area contributed by atoms with Crippen molar-refractivity contribution in [1.29, 1.82) is 0 Å². The second kappa shape index (κ2) is 9.59. The molecule has 0 amide bonds. The van der Waals surface area contributed by atoms with Gasteiger partial charge in [-0.25, -0.2) is 9.97 Å². The van der Waals surface area contributed by atoms with E-state index in [0.717, 1.165) is 42.5 Å². The van der Waals surface area contributed by atoms with Crippen LogP contribution < -0.4 is 11.1 Å². The van der Waals surface area contributed by atoms with Crippen LogP contribution in [0.2, 0.25) is 0 Å². The Morgan fingerprint density at radius 3 is 2.48 bits per heavy atom. The Morgan fingerprint density at radius 1 is 1.10 bits per heavy atom.